The highest BCUT2D eigenvalue weighted by molar-refractivity contribution is 6.48. The van der Waals surface area contributed by atoms with Crippen LogP contribution in [-0.4, -0.2) is 88.2 Å². The molecule has 0 amide bonds. The van der Waals surface area contributed by atoms with Crippen molar-refractivity contribution < 1.29 is 24.8 Å². The molecular formula is C31H33N5O5. The maximum atomic E-state index is 11.2. The van der Waals surface area contributed by atoms with E-state index in [0.29, 0.717) is 17.3 Å². The maximum absolute atomic E-state index is 11.2. The van der Waals surface area contributed by atoms with E-state index in [4.69, 9.17) is 25.2 Å². The average Bonchev–Trinajstić information content (AvgIpc) is 3.53. The maximum Gasteiger partial charge on any atom is 0.173 e. The number of amidine groups is 1. The van der Waals surface area contributed by atoms with E-state index < -0.39 is 41.7 Å². The van der Waals surface area contributed by atoms with Gasteiger partial charge in [0.15, 0.2) is 17.7 Å². The lowest BCUT2D eigenvalue weighted by Crippen LogP contribution is -2.67. The molecule has 0 aliphatic carbocycles. The fraction of sp³-hybridized carbons (Fsp3) is 0.323. The Morgan fingerprint density at radius 1 is 1.00 bits per heavy atom. The summed E-state index contributed by atoms with van der Waals surface area (Å²) in [5.74, 6) is 1.08. The monoisotopic (exact) mass is 555 g/mol. The van der Waals surface area contributed by atoms with Gasteiger partial charge in [-0.2, -0.15) is 0 Å². The zero-order chi connectivity index (χ0) is 28.8. The molecule has 1 fully saturated rings. The summed E-state index contributed by atoms with van der Waals surface area (Å²) in [5.41, 5.74) is 6.28. The fourth-order valence-corrected chi connectivity index (χ4v) is 6.35. The lowest BCUT2D eigenvalue weighted by atomic mass is 9.60. The van der Waals surface area contributed by atoms with Gasteiger partial charge in [-0.15, -0.1) is 0 Å². The molecule has 3 aromatic carbocycles. The molecular weight excluding hydrogens is 522 g/mol. The largest absolute Gasteiger partial charge is 0.497 e. The van der Waals surface area contributed by atoms with Crippen LogP contribution in [0.15, 0.2) is 99.9 Å². The summed E-state index contributed by atoms with van der Waals surface area (Å²) in [6.45, 7) is 1.08. The minimum absolute atomic E-state index is 0.0600. The third-order valence-electron chi connectivity index (χ3n) is 8.39. The number of hydrogen-bond donors (Lipinski definition) is 4. The number of aliphatic imine (C=N–C) groups is 3. The number of ether oxygens (including phenoxy) is 2. The molecule has 0 bridgehead atoms. The quantitative estimate of drug-likeness (QED) is 0.325. The second-order valence-corrected chi connectivity index (χ2v) is 10.7. The highest BCUT2D eigenvalue weighted by atomic mass is 16.6. The van der Waals surface area contributed by atoms with E-state index in [2.05, 4.69) is 4.99 Å². The standard InChI is InChI=1S/C31H33N5O5/c1-29(39)26(38)24(17-37)41-28(29)36-19-34-25-27(36)33-18-35-31(25,32)30(20-9-5-3-6-10-20,21-11-7-4-8-12-21)22-13-15-23(40-2)16-14-22/h3-16,18,24,26,28,37-39H,17,19,32H2,1-2H3/t24-,26-,28-,29-,31?/m1/s1. The Labute approximate surface area is 238 Å². The number of methoxy groups -OCH3 is 1. The fourth-order valence-electron chi connectivity index (χ4n) is 6.35. The minimum atomic E-state index is -1.71. The smallest absolute Gasteiger partial charge is 0.173 e. The third kappa shape index (κ3) is 3.94. The number of nitrogens with zero attached hydrogens (tertiary/aromatic N) is 4. The third-order valence-corrected chi connectivity index (χ3v) is 8.39. The molecule has 0 aromatic heterocycles. The number of hydrogen-bond acceptors (Lipinski definition) is 10. The molecule has 41 heavy (non-hydrogen) atoms. The van der Waals surface area contributed by atoms with Gasteiger partial charge in [0.25, 0.3) is 0 Å². The molecule has 212 valence electrons. The van der Waals surface area contributed by atoms with Gasteiger partial charge in [-0.05, 0) is 35.7 Å². The Balaban J connectivity index is 1.55. The van der Waals surface area contributed by atoms with Crippen LogP contribution < -0.4 is 10.5 Å². The van der Waals surface area contributed by atoms with Crippen LogP contribution in [0.5, 0.6) is 5.75 Å². The zero-order valence-electron chi connectivity index (χ0n) is 22.8. The first kappa shape index (κ1) is 27.3. The summed E-state index contributed by atoms with van der Waals surface area (Å²) in [4.78, 5) is 16.0. The van der Waals surface area contributed by atoms with Crippen LogP contribution in [0.2, 0.25) is 0 Å². The number of nitrogens with two attached hydrogens (primary N) is 1. The topological polar surface area (TPSA) is 145 Å². The van der Waals surface area contributed by atoms with Gasteiger partial charge in [-0.25, -0.2) is 9.98 Å². The van der Waals surface area contributed by atoms with E-state index in [9.17, 15) is 15.3 Å². The number of fused-ring (bicyclic) bond motifs is 1. The average molecular weight is 556 g/mol. The Morgan fingerprint density at radius 2 is 1.59 bits per heavy atom. The SMILES string of the molecule is COc1ccc(C(c2ccccc2)(c2ccccc2)C2(N)N=CN=C3C2=NCN3[C@@H]2O[C@H](CO)[C@@H](O)[C@@]2(C)O)cc1. The predicted molar refractivity (Wildman–Crippen MR) is 155 cm³/mol. The highest BCUT2D eigenvalue weighted by Gasteiger charge is 2.62. The first-order valence-corrected chi connectivity index (χ1v) is 13.4. The second kappa shape index (κ2) is 10.2. The van der Waals surface area contributed by atoms with Crippen molar-refractivity contribution in [1.82, 2.24) is 4.90 Å². The molecule has 5 atom stereocenters. The van der Waals surface area contributed by atoms with Crippen molar-refractivity contribution >= 4 is 17.9 Å². The van der Waals surface area contributed by atoms with Crippen LogP contribution in [0.3, 0.4) is 0 Å². The number of aliphatic hydroxyl groups is 3. The van der Waals surface area contributed by atoms with Gasteiger partial charge in [0.05, 0.1) is 19.1 Å². The van der Waals surface area contributed by atoms with E-state index in [1.807, 2.05) is 84.9 Å². The Kier molecular flexibility index (Phi) is 6.75. The van der Waals surface area contributed by atoms with E-state index in [1.165, 1.54) is 13.3 Å². The lowest BCUT2D eigenvalue weighted by molar-refractivity contribution is -0.110. The molecule has 3 aliphatic rings. The first-order chi connectivity index (χ1) is 19.8. The van der Waals surface area contributed by atoms with Gasteiger partial charge in [-0.1, -0.05) is 72.8 Å². The Bertz CT molecular complexity index is 1450. The molecule has 10 nitrogen and oxygen atoms in total. The summed E-state index contributed by atoms with van der Waals surface area (Å²) >= 11 is 0. The number of rotatable bonds is 7. The molecule has 3 aliphatic heterocycles. The first-order valence-electron chi connectivity index (χ1n) is 13.4. The van der Waals surface area contributed by atoms with Crippen LogP contribution in [0.4, 0.5) is 0 Å². The van der Waals surface area contributed by atoms with E-state index >= 15 is 0 Å². The van der Waals surface area contributed by atoms with Gasteiger partial charge < -0.3 is 35.4 Å². The Hall–Kier alpha value is -3.93. The van der Waals surface area contributed by atoms with Crippen molar-refractivity contribution in [3.8, 4) is 5.75 Å². The molecule has 3 heterocycles. The van der Waals surface area contributed by atoms with Gasteiger partial charge >= 0.3 is 0 Å². The van der Waals surface area contributed by atoms with Crippen molar-refractivity contribution in [1.29, 1.82) is 0 Å². The van der Waals surface area contributed by atoms with Gasteiger partial charge in [0, 0.05) is 0 Å². The van der Waals surface area contributed by atoms with Gasteiger partial charge in [0.1, 0.15) is 42.3 Å². The Morgan fingerprint density at radius 3 is 2.12 bits per heavy atom. The van der Waals surface area contributed by atoms with Crippen LogP contribution in [0.1, 0.15) is 23.6 Å². The van der Waals surface area contributed by atoms with Crippen molar-refractivity contribution in [2.75, 3.05) is 20.4 Å². The van der Waals surface area contributed by atoms with Crippen LogP contribution in [-0.2, 0) is 10.2 Å². The number of benzene rings is 3. The molecule has 1 saturated heterocycles. The van der Waals surface area contributed by atoms with Gasteiger partial charge in [0.2, 0.25) is 0 Å². The molecule has 5 N–H and O–H groups in total. The molecule has 6 rings (SSSR count). The van der Waals surface area contributed by atoms with Crippen molar-refractivity contribution in [3.05, 3.63) is 102 Å². The molecule has 10 heteroatoms. The summed E-state index contributed by atoms with van der Waals surface area (Å²) < 4.78 is 11.4. The molecule has 0 spiro atoms. The summed E-state index contributed by atoms with van der Waals surface area (Å²) in [7, 11) is 1.62. The normalized spacial score (nSPS) is 29.2. The van der Waals surface area contributed by atoms with E-state index in [-0.39, 0.29) is 6.67 Å². The zero-order valence-corrected chi connectivity index (χ0v) is 22.8. The van der Waals surface area contributed by atoms with Crippen LogP contribution in [0, 0.1) is 0 Å². The molecule has 3 aromatic rings. The number of aliphatic hydroxyl groups excluding tert-OH is 2. The summed E-state index contributed by atoms with van der Waals surface area (Å²) in [6, 6.07) is 27.6. The summed E-state index contributed by atoms with van der Waals surface area (Å²) in [6.07, 6.45) is -1.89. The van der Waals surface area contributed by atoms with Crippen molar-refractivity contribution in [2.45, 2.75) is 42.0 Å². The predicted octanol–water partition coefficient (Wildman–Crippen LogP) is 1.67. The lowest BCUT2D eigenvalue weighted by Gasteiger charge is -2.48. The second-order valence-electron chi connectivity index (χ2n) is 10.7. The minimum Gasteiger partial charge on any atom is -0.497 e. The van der Waals surface area contributed by atoms with Gasteiger partial charge in [-0.3, -0.25) is 4.99 Å². The summed E-state index contributed by atoms with van der Waals surface area (Å²) in [5, 5.41) is 31.6. The molecule has 0 saturated carbocycles. The highest BCUT2D eigenvalue weighted by Crippen LogP contribution is 2.50. The van der Waals surface area contributed by atoms with E-state index in [1.54, 1.807) is 12.0 Å². The molecule has 0 radical (unpaired) electrons. The molecule has 1 unspecified atom stereocenters. The van der Waals surface area contributed by atoms with Crippen molar-refractivity contribution in [3.63, 3.8) is 0 Å². The van der Waals surface area contributed by atoms with Crippen molar-refractivity contribution in [2.24, 2.45) is 20.7 Å². The van der Waals surface area contributed by atoms with Crippen LogP contribution in [0.25, 0.3) is 0 Å². The van der Waals surface area contributed by atoms with Crippen LogP contribution >= 0.6 is 0 Å². The van der Waals surface area contributed by atoms with E-state index in [0.717, 1.165) is 16.7 Å².